The monoisotopic (exact) mass is 615 g/mol. The number of ether oxygens (including phenoxy) is 1. The number of rotatable bonds is 5. The zero-order valence-corrected chi connectivity index (χ0v) is 22.7. The molecule has 172 valence electrons. The normalized spacial score (nSPS) is 11.0. The van der Waals surface area contributed by atoms with Crippen molar-refractivity contribution >= 4 is 75.8 Å². The summed E-state index contributed by atoms with van der Waals surface area (Å²) in [7, 11) is 2.55. The van der Waals surface area contributed by atoms with Crippen molar-refractivity contribution in [1.82, 2.24) is 25.2 Å². The van der Waals surface area contributed by atoms with E-state index in [-0.39, 0.29) is 15.8 Å². The van der Waals surface area contributed by atoms with E-state index < -0.39 is 27.8 Å². The Labute approximate surface area is 214 Å². The Morgan fingerprint density at radius 2 is 1.97 bits per heavy atom. The number of pyridine rings is 1. The maximum absolute atomic E-state index is 13.4. The van der Waals surface area contributed by atoms with Gasteiger partial charge in [0.2, 0.25) is 0 Å². The van der Waals surface area contributed by atoms with Gasteiger partial charge in [0.05, 0.1) is 0 Å². The number of nitrogens with zero attached hydrogens (tertiary/aromatic N) is 4. The van der Waals surface area contributed by atoms with E-state index >= 15 is 0 Å². The van der Waals surface area contributed by atoms with Crippen molar-refractivity contribution in [2.24, 2.45) is 0 Å². The number of nitrogens with one attached hydrogen (secondary N) is 1. The first kappa shape index (κ1) is 25.2. The van der Waals surface area contributed by atoms with Crippen molar-refractivity contribution in [3.63, 3.8) is 0 Å². The third-order valence-electron chi connectivity index (χ3n) is 4.37. The van der Waals surface area contributed by atoms with Crippen LogP contribution >= 0.6 is 39.1 Å². The van der Waals surface area contributed by atoms with Crippen LogP contribution in [0.4, 0.5) is 4.79 Å². The van der Waals surface area contributed by atoms with Crippen molar-refractivity contribution in [2.75, 3.05) is 14.2 Å². The van der Waals surface area contributed by atoms with Gasteiger partial charge in [0, 0.05) is 0 Å². The predicted molar refractivity (Wildman–Crippen MR) is 129 cm³/mol. The van der Waals surface area contributed by atoms with Gasteiger partial charge in [-0.3, -0.25) is 0 Å². The third kappa shape index (κ3) is 5.76. The molecule has 13 heteroatoms. The van der Waals surface area contributed by atoms with Crippen LogP contribution in [0.5, 0.6) is 0 Å². The molecule has 3 aromatic rings. The number of hydrazine groups is 1. The van der Waals surface area contributed by atoms with Gasteiger partial charge in [0.25, 0.3) is 0 Å². The molecule has 2 heterocycles. The van der Waals surface area contributed by atoms with Crippen LogP contribution < -0.4 is 9.78 Å². The van der Waals surface area contributed by atoms with Gasteiger partial charge in [0.1, 0.15) is 0 Å². The van der Waals surface area contributed by atoms with E-state index in [9.17, 15) is 14.4 Å². The van der Waals surface area contributed by atoms with Crippen molar-refractivity contribution < 1.29 is 19.1 Å². The molecule has 0 fully saturated rings. The van der Waals surface area contributed by atoms with Gasteiger partial charge in [-0.05, 0) is 0 Å². The number of benzene rings is 1. The van der Waals surface area contributed by atoms with Crippen molar-refractivity contribution in [3.05, 3.63) is 68.0 Å². The van der Waals surface area contributed by atoms with Crippen LogP contribution in [0.2, 0.25) is 10.0 Å². The third-order valence-corrected chi connectivity index (χ3v) is 8.20. The molecule has 1 unspecified atom stereocenters. The molecule has 33 heavy (non-hydrogen) atoms. The molecule has 1 aromatic carbocycles. The van der Waals surface area contributed by atoms with E-state index in [1.165, 1.54) is 24.9 Å². The van der Waals surface area contributed by atoms with E-state index in [4.69, 9.17) is 23.2 Å². The number of hydrogen-bond donors (Lipinski definition) is 1. The number of carbonyl (C=O) groups excluding carboxylic acids is 3. The van der Waals surface area contributed by atoms with E-state index in [1.807, 2.05) is 0 Å². The van der Waals surface area contributed by atoms with Gasteiger partial charge in [0.15, 0.2) is 0 Å². The summed E-state index contributed by atoms with van der Waals surface area (Å²) in [4.78, 5) is 42.2. The zero-order chi connectivity index (χ0) is 24.3. The summed E-state index contributed by atoms with van der Waals surface area (Å²) in [6, 6.07) is 8.05. The van der Waals surface area contributed by atoms with Crippen LogP contribution in [-0.2, 0) is 4.74 Å². The molecule has 3 rings (SSSR count). The SMILES string of the molecule is COC(=O)NN(C)C(=O)c1cc(Cl)cc(C)c1[AsH]C(=O)c1cc(Br)nn1-c1ncccc1Cl. The fourth-order valence-corrected chi connectivity index (χ4v) is 6.07. The van der Waals surface area contributed by atoms with Crippen LogP contribution in [-0.4, -0.2) is 66.3 Å². The molecule has 0 aliphatic rings. The van der Waals surface area contributed by atoms with Gasteiger partial charge in [-0.25, -0.2) is 0 Å². The molecule has 1 atom stereocenters. The number of carbonyl (C=O) groups is 3. The second-order valence-electron chi connectivity index (χ2n) is 6.64. The van der Waals surface area contributed by atoms with Gasteiger partial charge in [-0.1, -0.05) is 0 Å². The predicted octanol–water partition coefficient (Wildman–Crippen LogP) is 2.89. The van der Waals surface area contributed by atoms with Gasteiger partial charge < -0.3 is 0 Å². The van der Waals surface area contributed by atoms with Gasteiger partial charge in [-0.2, -0.15) is 0 Å². The van der Waals surface area contributed by atoms with Crippen LogP contribution in [0.15, 0.2) is 41.1 Å². The Hall–Kier alpha value is -2.39. The average Bonchev–Trinajstić information content (AvgIpc) is 3.16. The zero-order valence-electron chi connectivity index (χ0n) is 17.5. The van der Waals surface area contributed by atoms with Crippen molar-refractivity contribution in [1.29, 1.82) is 0 Å². The van der Waals surface area contributed by atoms with Crippen molar-refractivity contribution in [2.45, 2.75) is 6.92 Å². The fraction of sp³-hybridized carbons (Fsp3) is 0.150. The molecule has 0 saturated carbocycles. The van der Waals surface area contributed by atoms with Crippen LogP contribution in [0, 0.1) is 6.92 Å². The van der Waals surface area contributed by atoms with Gasteiger partial charge in [-0.15, -0.1) is 0 Å². The summed E-state index contributed by atoms with van der Waals surface area (Å²) in [5, 5.41) is 5.94. The number of aromatic nitrogens is 3. The van der Waals surface area contributed by atoms with Gasteiger partial charge >= 0.3 is 215 Å². The summed E-state index contributed by atoms with van der Waals surface area (Å²) < 4.78 is 6.70. The molecule has 0 aliphatic carbocycles. The molecule has 2 amide bonds. The molecule has 0 radical (unpaired) electrons. The molecule has 0 bridgehead atoms. The summed E-state index contributed by atoms with van der Waals surface area (Å²) in [5.74, 6) is -0.231. The quantitative estimate of drug-likeness (QED) is 0.349. The molecule has 1 N–H and O–H groups in total. The number of hydrogen-bond acceptors (Lipinski definition) is 6. The van der Waals surface area contributed by atoms with Crippen LogP contribution in [0.1, 0.15) is 26.4 Å². The summed E-state index contributed by atoms with van der Waals surface area (Å²) in [5.41, 5.74) is 3.46. The molecular weight excluding hydrogens is 600 g/mol. The average molecular weight is 617 g/mol. The summed E-state index contributed by atoms with van der Waals surface area (Å²) in [6.45, 7) is 1.77. The minimum absolute atomic E-state index is 0.210. The standard InChI is InChI=1S/C20H17AsBrCl2N5O4/c1-10-7-11(23)8-12(19(31)28(2)27-20(32)33-3)16(10)21-17(30)14-9-15(22)26-29(14)18-13(24)5-4-6-25-18/h4-9,21H,1-3H3,(H,27,32). The summed E-state index contributed by atoms with van der Waals surface area (Å²) in [6.07, 6.45) is 0.741. The molecule has 0 saturated heterocycles. The first-order valence-corrected chi connectivity index (χ1v) is 12.9. The molecule has 2 aromatic heterocycles. The first-order chi connectivity index (χ1) is 15.6. The Balaban J connectivity index is 2.00. The topological polar surface area (TPSA) is 106 Å². The van der Waals surface area contributed by atoms with E-state index in [2.05, 4.69) is 36.2 Å². The van der Waals surface area contributed by atoms with Crippen LogP contribution in [0.25, 0.3) is 5.82 Å². The molecular formula is C20H17AsBrCl2N5O4. The number of halogens is 3. The number of amides is 2. The first-order valence-electron chi connectivity index (χ1n) is 9.23. The molecule has 0 aliphatic heterocycles. The molecule has 0 spiro atoms. The minimum atomic E-state index is -1.57. The van der Waals surface area contributed by atoms with Crippen LogP contribution in [0.3, 0.4) is 0 Å². The number of aryl methyl sites for hydroxylation is 1. The Kier molecular flexibility index (Phi) is 8.18. The summed E-state index contributed by atoms with van der Waals surface area (Å²) >= 11 is 14.2. The fourth-order valence-electron chi connectivity index (χ4n) is 2.88. The Morgan fingerprint density at radius 1 is 1.24 bits per heavy atom. The Morgan fingerprint density at radius 3 is 2.64 bits per heavy atom. The van der Waals surface area contributed by atoms with E-state index in [0.29, 0.717) is 30.4 Å². The number of methoxy groups -OCH3 is 1. The molecule has 9 nitrogen and oxygen atoms in total. The maximum atomic E-state index is 13.4. The Bertz CT molecular complexity index is 1250. The second-order valence-corrected chi connectivity index (χ2v) is 10.8. The van der Waals surface area contributed by atoms with Crippen molar-refractivity contribution in [3.8, 4) is 5.82 Å². The van der Waals surface area contributed by atoms with E-state index in [1.54, 1.807) is 37.4 Å². The second kappa shape index (κ2) is 10.7. The van der Waals surface area contributed by atoms with E-state index in [0.717, 1.165) is 5.01 Å².